The van der Waals surface area contributed by atoms with Gasteiger partial charge in [0.25, 0.3) is 6.17 Å². The smallest absolute Gasteiger partial charge is 0.341 e. The van der Waals surface area contributed by atoms with Gasteiger partial charge in [0.05, 0.1) is 23.9 Å². The molecule has 1 aliphatic heterocycles. The van der Waals surface area contributed by atoms with Gasteiger partial charge in [-0.1, -0.05) is 40.7 Å². The van der Waals surface area contributed by atoms with Gasteiger partial charge in [-0.15, -0.1) is 0 Å². The Hall–Kier alpha value is -3.05. The summed E-state index contributed by atoms with van der Waals surface area (Å²) >= 11 is 4.93. The van der Waals surface area contributed by atoms with Gasteiger partial charge in [0.2, 0.25) is 5.16 Å². The van der Waals surface area contributed by atoms with Crippen molar-refractivity contribution >= 4 is 39.3 Å². The fourth-order valence-corrected chi connectivity index (χ4v) is 4.65. The molecule has 11 heteroatoms. The van der Waals surface area contributed by atoms with Gasteiger partial charge in [0, 0.05) is 15.3 Å². The third-order valence-electron chi connectivity index (χ3n) is 4.94. The molecule has 0 radical (unpaired) electrons. The number of halogens is 1. The van der Waals surface area contributed by atoms with Crippen molar-refractivity contribution in [1.29, 1.82) is 0 Å². The maximum Gasteiger partial charge on any atom is 0.341 e. The van der Waals surface area contributed by atoms with Gasteiger partial charge in [-0.3, -0.25) is 9.78 Å². The van der Waals surface area contributed by atoms with Crippen LogP contribution in [-0.2, 0) is 4.79 Å². The van der Waals surface area contributed by atoms with Crippen LogP contribution in [0.2, 0.25) is 0 Å². The van der Waals surface area contributed by atoms with Gasteiger partial charge in [0.15, 0.2) is 18.1 Å². The fraction of sp³-hybridized carbons (Fsp3) is 0.273. The summed E-state index contributed by atoms with van der Waals surface area (Å²) in [6, 6.07) is 10.9. The lowest BCUT2D eigenvalue weighted by Crippen LogP contribution is -2.55. The minimum Gasteiger partial charge on any atom is -0.493 e. The van der Waals surface area contributed by atoms with Crippen molar-refractivity contribution in [1.82, 2.24) is 10.1 Å². The Morgan fingerprint density at radius 3 is 2.88 bits per heavy atom. The van der Waals surface area contributed by atoms with Crippen molar-refractivity contribution in [3.63, 3.8) is 0 Å². The molecule has 0 saturated heterocycles. The summed E-state index contributed by atoms with van der Waals surface area (Å²) in [5.41, 5.74) is 2.11. The first kappa shape index (κ1) is 23.1. The number of carbonyl (C=O) groups is 1. The molecule has 33 heavy (non-hydrogen) atoms. The number of hydrogen-bond donors (Lipinski definition) is 3. The van der Waals surface area contributed by atoms with Crippen molar-refractivity contribution in [3.8, 4) is 22.8 Å². The molecule has 1 aliphatic rings. The lowest BCUT2D eigenvalue weighted by molar-refractivity contribution is -0.759. The topological polar surface area (TPSA) is 117 Å². The number of nitrogens with zero attached hydrogens (tertiary/aromatic N) is 2. The maximum atomic E-state index is 13.2. The number of hydrogen-bond acceptors (Lipinski definition) is 7. The van der Waals surface area contributed by atoms with Crippen LogP contribution in [0.25, 0.3) is 11.3 Å². The van der Waals surface area contributed by atoms with Crippen LogP contribution in [0.15, 0.2) is 50.8 Å². The number of benzene rings is 2. The molecule has 0 fully saturated rings. The second kappa shape index (κ2) is 9.84. The highest BCUT2D eigenvalue weighted by Crippen LogP contribution is 2.39. The number of nitrogens with one attached hydrogen (secondary N) is 2. The van der Waals surface area contributed by atoms with E-state index in [0.29, 0.717) is 27.7 Å². The third-order valence-corrected chi connectivity index (χ3v) is 6.51. The van der Waals surface area contributed by atoms with Crippen LogP contribution in [0.4, 0.5) is 5.69 Å². The molecule has 172 valence electrons. The average molecular weight is 534 g/mol. The summed E-state index contributed by atoms with van der Waals surface area (Å²) in [7, 11) is 1.48. The lowest BCUT2D eigenvalue weighted by Gasteiger charge is -2.24. The summed E-state index contributed by atoms with van der Waals surface area (Å²) in [5.74, 6) is 0.335. The fourth-order valence-electron chi connectivity index (χ4n) is 3.58. The van der Waals surface area contributed by atoms with Crippen LogP contribution in [0.1, 0.15) is 25.1 Å². The molecule has 0 saturated carbocycles. The number of ether oxygens (including phenoxy) is 2. The number of aromatic amines is 1. The monoisotopic (exact) mass is 533 g/mol. The first-order valence-corrected chi connectivity index (χ1v) is 12.0. The van der Waals surface area contributed by atoms with E-state index in [9.17, 15) is 9.59 Å². The van der Waals surface area contributed by atoms with Crippen molar-refractivity contribution in [2.75, 3.05) is 24.8 Å². The molecular formula is C22H22BrN4O5S+. The van der Waals surface area contributed by atoms with Gasteiger partial charge >= 0.3 is 17.2 Å². The molecule has 1 atom stereocenters. The summed E-state index contributed by atoms with van der Waals surface area (Å²) in [4.78, 5) is 27.3. The lowest BCUT2D eigenvalue weighted by atomic mass is 10.0. The van der Waals surface area contributed by atoms with E-state index >= 15 is 0 Å². The SMILES string of the molecule is CCCSc1n[n+]2c(c(=O)[nH]1)-c1cc(Br)ccc1N[C@@H]2c1cccc(OC)c1OCC(=O)O. The summed E-state index contributed by atoms with van der Waals surface area (Å²) < 4.78 is 13.5. The zero-order valence-corrected chi connectivity index (χ0v) is 20.3. The Morgan fingerprint density at radius 2 is 2.15 bits per heavy atom. The zero-order chi connectivity index (χ0) is 23.5. The molecule has 1 aromatic heterocycles. The number of para-hydroxylation sites is 1. The second-order valence-electron chi connectivity index (χ2n) is 7.20. The highest BCUT2D eigenvalue weighted by atomic mass is 79.9. The first-order chi connectivity index (χ1) is 15.9. The Morgan fingerprint density at radius 1 is 1.33 bits per heavy atom. The Balaban J connectivity index is 1.93. The number of fused-ring (bicyclic) bond motifs is 3. The highest BCUT2D eigenvalue weighted by Gasteiger charge is 2.40. The first-order valence-electron chi connectivity index (χ1n) is 10.2. The molecule has 0 amide bonds. The van der Waals surface area contributed by atoms with E-state index in [1.165, 1.54) is 18.9 Å². The third kappa shape index (κ3) is 4.69. The summed E-state index contributed by atoms with van der Waals surface area (Å²) in [5, 5.41) is 17.8. The van der Waals surface area contributed by atoms with E-state index in [-0.39, 0.29) is 11.3 Å². The average Bonchev–Trinajstić information content (AvgIpc) is 2.80. The van der Waals surface area contributed by atoms with Crippen molar-refractivity contribution in [2.45, 2.75) is 24.7 Å². The number of methoxy groups -OCH3 is 1. The number of carboxylic acids is 1. The molecular weight excluding hydrogens is 512 g/mol. The van der Waals surface area contributed by atoms with Crippen LogP contribution in [0.5, 0.6) is 11.5 Å². The van der Waals surface area contributed by atoms with Crippen LogP contribution in [0, 0.1) is 0 Å². The van der Waals surface area contributed by atoms with Gasteiger partial charge < -0.3 is 19.9 Å². The number of H-pyrrole nitrogens is 1. The van der Waals surface area contributed by atoms with Crippen LogP contribution >= 0.6 is 27.7 Å². The molecule has 0 aliphatic carbocycles. The molecule has 0 unspecified atom stereocenters. The van der Waals surface area contributed by atoms with Crippen molar-refractivity contribution in [2.24, 2.45) is 0 Å². The Labute approximate surface area is 202 Å². The number of anilines is 1. The summed E-state index contributed by atoms with van der Waals surface area (Å²) in [6.45, 7) is 1.51. The number of aliphatic carboxylic acids is 1. The van der Waals surface area contributed by atoms with E-state index in [1.54, 1.807) is 22.9 Å². The summed E-state index contributed by atoms with van der Waals surface area (Å²) in [6.07, 6.45) is 0.284. The van der Waals surface area contributed by atoms with E-state index in [4.69, 9.17) is 19.7 Å². The van der Waals surface area contributed by atoms with Gasteiger partial charge in [-0.25, -0.2) is 4.79 Å². The number of rotatable bonds is 8. The molecule has 3 aromatic rings. The van der Waals surface area contributed by atoms with Gasteiger partial charge in [-0.2, -0.15) is 0 Å². The van der Waals surface area contributed by atoms with Gasteiger partial charge in [0.1, 0.15) is 0 Å². The molecule has 2 aromatic carbocycles. The predicted molar refractivity (Wildman–Crippen MR) is 127 cm³/mol. The van der Waals surface area contributed by atoms with Crippen LogP contribution in [-0.4, -0.2) is 40.6 Å². The van der Waals surface area contributed by atoms with E-state index in [0.717, 1.165) is 22.3 Å². The molecule has 4 rings (SSSR count). The molecule has 2 heterocycles. The van der Waals surface area contributed by atoms with E-state index in [1.807, 2.05) is 18.2 Å². The van der Waals surface area contributed by atoms with Crippen molar-refractivity contribution in [3.05, 3.63) is 56.8 Å². The predicted octanol–water partition coefficient (Wildman–Crippen LogP) is 3.43. The molecule has 0 spiro atoms. The molecule has 0 bridgehead atoms. The zero-order valence-electron chi connectivity index (χ0n) is 17.9. The number of thioether (sulfide) groups is 1. The Kier molecular flexibility index (Phi) is 6.89. The second-order valence-corrected chi connectivity index (χ2v) is 9.20. The van der Waals surface area contributed by atoms with Crippen LogP contribution in [0.3, 0.4) is 0 Å². The highest BCUT2D eigenvalue weighted by molar-refractivity contribution is 9.10. The van der Waals surface area contributed by atoms with Crippen molar-refractivity contribution < 1.29 is 24.1 Å². The largest absolute Gasteiger partial charge is 0.493 e. The molecule has 9 nitrogen and oxygen atoms in total. The minimum absolute atomic E-state index is 0.267. The Bertz CT molecular complexity index is 1270. The molecule has 3 N–H and O–H groups in total. The van der Waals surface area contributed by atoms with E-state index in [2.05, 4.69) is 33.2 Å². The van der Waals surface area contributed by atoms with Gasteiger partial charge in [-0.05, 0) is 41.4 Å². The normalized spacial score (nSPS) is 14.1. The number of carboxylic acid groups (broad SMARTS) is 1. The van der Waals surface area contributed by atoms with Crippen LogP contribution < -0.4 is 25.0 Å². The number of aromatic nitrogens is 3. The minimum atomic E-state index is -1.11. The van der Waals surface area contributed by atoms with E-state index < -0.39 is 18.7 Å². The maximum absolute atomic E-state index is 13.2. The standard InChI is InChI=1S/C22H21BrN4O5S/c1-3-9-33-22-25-21(30)18-14-10-12(23)7-8-15(14)24-20(27(18)26-22)13-5-4-6-16(31-2)19(13)32-11-17(28)29/h4-8,10,20H,3,9,11H2,1-2H3,(H2,25,26,28,29,30)/p+1/t20-/m0/s1. The quantitative estimate of drug-likeness (QED) is 0.297.